The first-order valence-corrected chi connectivity index (χ1v) is 6.81. The Morgan fingerprint density at radius 1 is 1.20 bits per heavy atom. The van der Waals surface area contributed by atoms with Gasteiger partial charge in [0, 0.05) is 17.8 Å². The lowest BCUT2D eigenvalue weighted by Crippen LogP contribution is -2.45. The van der Waals surface area contributed by atoms with E-state index >= 15 is 0 Å². The van der Waals surface area contributed by atoms with Gasteiger partial charge >= 0.3 is 0 Å². The number of benzene rings is 2. The summed E-state index contributed by atoms with van der Waals surface area (Å²) < 4.78 is 5.40. The van der Waals surface area contributed by atoms with Gasteiger partial charge in [0.05, 0.1) is 13.2 Å². The van der Waals surface area contributed by atoms with Crippen molar-refractivity contribution in [1.29, 1.82) is 0 Å². The van der Waals surface area contributed by atoms with E-state index < -0.39 is 0 Å². The molecule has 1 aliphatic heterocycles. The molecule has 2 aromatic carbocycles. The fourth-order valence-corrected chi connectivity index (χ4v) is 2.87. The fourth-order valence-electron chi connectivity index (χ4n) is 2.87. The summed E-state index contributed by atoms with van der Waals surface area (Å²) in [5.74, 6) is 0.900. The van der Waals surface area contributed by atoms with Crippen molar-refractivity contribution in [2.45, 2.75) is 24.9 Å². The third-order valence-electron chi connectivity index (χ3n) is 3.92. The SMILES string of the molecule is COc1ccc(C2NC(=O)CCC2N)c2ccccc12. The molecule has 1 aliphatic rings. The summed E-state index contributed by atoms with van der Waals surface area (Å²) in [5, 5.41) is 5.13. The molecule has 0 saturated carbocycles. The third-order valence-corrected chi connectivity index (χ3v) is 3.92. The van der Waals surface area contributed by atoms with E-state index in [4.69, 9.17) is 10.5 Å². The molecular weight excluding hydrogens is 252 g/mol. The average molecular weight is 270 g/mol. The molecule has 0 radical (unpaired) electrons. The number of carbonyl (C=O) groups is 1. The Hall–Kier alpha value is -2.07. The minimum Gasteiger partial charge on any atom is -0.496 e. The normalized spacial score (nSPS) is 22.6. The Morgan fingerprint density at radius 2 is 1.95 bits per heavy atom. The Kier molecular flexibility index (Phi) is 3.32. The molecule has 0 aliphatic carbocycles. The van der Waals surface area contributed by atoms with E-state index in [1.165, 1.54) is 0 Å². The van der Waals surface area contributed by atoms with Crippen LogP contribution in [0.4, 0.5) is 0 Å². The molecule has 2 unspecified atom stereocenters. The molecule has 0 spiro atoms. The van der Waals surface area contributed by atoms with Crippen molar-refractivity contribution in [3.63, 3.8) is 0 Å². The lowest BCUT2D eigenvalue weighted by Gasteiger charge is -2.31. The standard InChI is InChI=1S/C16H18N2O2/c1-20-14-8-6-12(10-4-2-3-5-11(10)14)16-13(17)7-9-15(19)18-16/h2-6,8,13,16H,7,9,17H2,1H3,(H,18,19). The lowest BCUT2D eigenvalue weighted by atomic mass is 9.89. The van der Waals surface area contributed by atoms with Crippen LogP contribution in [0, 0.1) is 0 Å². The van der Waals surface area contributed by atoms with E-state index in [-0.39, 0.29) is 18.0 Å². The van der Waals surface area contributed by atoms with Gasteiger partial charge in [0.1, 0.15) is 5.75 Å². The van der Waals surface area contributed by atoms with Crippen LogP contribution in [0.2, 0.25) is 0 Å². The molecular formula is C16H18N2O2. The third kappa shape index (κ3) is 2.12. The zero-order valence-corrected chi connectivity index (χ0v) is 11.4. The number of fused-ring (bicyclic) bond motifs is 1. The number of carbonyl (C=O) groups excluding carboxylic acids is 1. The summed E-state index contributed by atoms with van der Waals surface area (Å²) in [5.41, 5.74) is 7.25. The van der Waals surface area contributed by atoms with E-state index in [0.29, 0.717) is 6.42 Å². The summed E-state index contributed by atoms with van der Waals surface area (Å²) >= 11 is 0. The van der Waals surface area contributed by atoms with Gasteiger partial charge in [-0.3, -0.25) is 4.79 Å². The highest BCUT2D eigenvalue weighted by molar-refractivity contribution is 5.92. The molecule has 0 aromatic heterocycles. The van der Waals surface area contributed by atoms with Crippen LogP contribution in [0.5, 0.6) is 5.75 Å². The molecule has 3 N–H and O–H groups in total. The van der Waals surface area contributed by atoms with Crippen LogP contribution < -0.4 is 15.8 Å². The number of methoxy groups -OCH3 is 1. The van der Waals surface area contributed by atoms with Crippen molar-refractivity contribution in [2.24, 2.45) is 5.73 Å². The van der Waals surface area contributed by atoms with E-state index in [9.17, 15) is 4.79 Å². The summed E-state index contributed by atoms with van der Waals surface area (Å²) in [7, 11) is 1.66. The fraction of sp³-hybridized carbons (Fsp3) is 0.312. The molecule has 20 heavy (non-hydrogen) atoms. The van der Waals surface area contributed by atoms with E-state index in [2.05, 4.69) is 5.32 Å². The number of piperidine rings is 1. The van der Waals surface area contributed by atoms with E-state index in [1.54, 1.807) is 7.11 Å². The second kappa shape index (κ2) is 5.13. The summed E-state index contributed by atoms with van der Waals surface area (Å²) in [4.78, 5) is 11.7. The minimum absolute atomic E-state index is 0.0514. The molecule has 2 aromatic rings. The Bertz CT molecular complexity index is 654. The molecule has 1 heterocycles. The van der Waals surface area contributed by atoms with Crippen LogP contribution in [0.3, 0.4) is 0 Å². The Balaban J connectivity index is 2.14. The van der Waals surface area contributed by atoms with Crippen molar-refractivity contribution < 1.29 is 9.53 Å². The van der Waals surface area contributed by atoms with E-state index in [1.807, 2.05) is 36.4 Å². The van der Waals surface area contributed by atoms with Crippen molar-refractivity contribution in [3.8, 4) is 5.75 Å². The van der Waals surface area contributed by atoms with Crippen LogP contribution in [-0.4, -0.2) is 19.1 Å². The first kappa shape index (κ1) is 12.9. The topological polar surface area (TPSA) is 64.3 Å². The van der Waals surface area contributed by atoms with Crippen LogP contribution in [-0.2, 0) is 4.79 Å². The highest BCUT2D eigenvalue weighted by Gasteiger charge is 2.28. The summed E-state index contributed by atoms with van der Waals surface area (Å²) in [6.07, 6.45) is 1.22. The minimum atomic E-state index is -0.132. The lowest BCUT2D eigenvalue weighted by molar-refractivity contribution is -0.123. The van der Waals surface area contributed by atoms with E-state index in [0.717, 1.165) is 28.5 Å². The molecule has 3 rings (SSSR count). The first-order chi connectivity index (χ1) is 9.70. The van der Waals surface area contributed by atoms with Crippen molar-refractivity contribution in [1.82, 2.24) is 5.32 Å². The maximum Gasteiger partial charge on any atom is 0.220 e. The number of amides is 1. The smallest absolute Gasteiger partial charge is 0.220 e. The zero-order chi connectivity index (χ0) is 14.1. The van der Waals surface area contributed by atoms with Gasteiger partial charge in [0.25, 0.3) is 0 Å². The number of nitrogens with two attached hydrogens (primary N) is 1. The highest BCUT2D eigenvalue weighted by atomic mass is 16.5. The van der Waals surface area contributed by atoms with Crippen molar-refractivity contribution in [2.75, 3.05) is 7.11 Å². The number of hydrogen-bond acceptors (Lipinski definition) is 3. The van der Waals surface area contributed by atoms with Gasteiger partial charge in [0.2, 0.25) is 5.91 Å². The number of rotatable bonds is 2. The number of hydrogen-bond donors (Lipinski definition) is 2. The predicted molar refractivity (Wildman–Crippen MR) is 78.6 cm³/mol. The molecule has 4 nitrogen and oxygen atoms in total. The van der Waals surface area contributed by atoms with Gasteiger partial charge in [-0.1, -0.05) is 30.3 Å². The molecule has 4 heteroatoms. The van der Waals surface area contributed by atoms with Crippen molar-refractivity contribution >= 4 is 16.7 Å². The van der Waals surface area contributed by atoms with Crippen LogP contribution in [0.1, 0.15) is 24.4 Å². The molecule has 1 saturated heterocycles. The number of ether oxygens (including phenoxy) is 1. The van der Waals surface area contributed by atoms with Gasteiger partial charge in [-0.2, -0.15) is 0 Å². The quantitative estimate of drug-likeness (QED) is 0.878. The van der Waals surface area contributed by atoms with Gasteiger partial charge in [-0.05, 0) is 23.4 Å². The first-order valence-electron chi connectivity index (χ1n) is 6.81. The highest BCUT2D eigenvalue weighted by Crippen LogP contribution is 2.34. The second-order valence-electron chi connectivity index (χ2n) is 5.15. The van der Waals surface area contributed by atoms with Crippen LogP contribution >= 0.6 is 0 Å². The van der Waals surface area contributed by atoms with Gasteiger partial charge < -0.3 is 15.8 Å². The van der Waals surface area contributed by atoms with Gasteiger partial charge in [-0.15, -0.1) is 0 Å². The van der Waals surface area contributed by atoms with Crippen molar-refractivity contribution in [3.05, 3.63) is 42.0 Å². The maximum atomic E-state index is 11.7. The Morgan fingerprint density at radius 3 is 2.70 bits per heavy atom. The summed E-state index contributed by atoms with van der Waals surface area (Å²) in [6.45, 7) is 0. The average Bonchev–Trinajstić information content (AvgIpc) is 2.49. The monoisotopic (exact) mass is 270 g/mol. The number of nitrogens with one attached hydrogen (secondary N) is 1. The zero-order valence-electron chi connectivity index (χ0n) is 11.4. The van der Waals surface area contributed by atoms with Crippen LogP contribution in [0.15, 0.2) is 36.4 Å². The Labute approximate surface area is 117 Å². The predicted octanol–water partition coefficient (Wildman–Crippen LogP) is 2.13. The second-order valence-corrected chi connectivity index (χ2v) is 5.15. The molecule has 2 atom stereocenters. The molecule has 1 amide bonds. The molecule has 1 fully saturated rings. The maximum absolute atomic E-state index is 11.7. The summed E-state index contributed by atoms with van der Waals surface area (Å²) in [6, 6.07) is 11.8. The van der Waals surface area contributed by atoms with Gasteiger partial charge in [0.15, 0.2) is 0 Å². The van der Waals surface area contributed by atoms with Gasteiger partial charge in [-0.25, -0.2) is 0 Å². The molecule has 0 bridgehead atoms. The molecule has 104 valence electrons. The largest absolute Gasteiger partial charge is 0.496 e. The van der Waals surface area contributed by atoms with Crippen LogP contribution in [0.25, 0.3) is 10.8 Å².